The number of sulfone groups is 2. The molecule has 4 nitrogen and oxygen atoms in total. The van der Waals surface area contributed by atoms with Crippen LogP contribution < -0.4 is 0 Å². The Labute approximate surface area is 144 Å². The number of hydrogen-bond acceptors (Lipinski definition) is 4. The summed E-state index contributed by atoms with van der Waals surface area (Å²) in [6.45, 7) is 5.05. The molecule has 6 heteroatoms. The predicted octanol–water partition coefficient (Wildman–Crippen LogP) is 3.14. The lowest BCUT2D eigenvalue weighted by Gasteiger charge is -2.28. The van der Waals surface area contributed by atoms with Gasteiger partial charge in [0.25, 0.3) is 0 Å². The van der Waals surface area contributed by atoms with E-state index in [1.54, 1.807) is 36.4 Å². The van der Waals surface area contributed by atoms with Crippen molar-refractivity contribution in [3.63, 3.8) is 0 Å². The minimum absolute atomic E-state index is 0.266. The maximum atomic E-state index is 13.1. The molecule has 24 heavy (non-hydrogen) atoms. The molecule has 0 N–H and O–H groups in total. The van der Waals surface area contributed by atoms with Gasteiger partial charge >= 0.3 is 0 Å². The summed E-state index contributed by atoms with van der Waals surface area (Å²) in [5.74, 6) is -0.329. The molecule has 0 aliphatic heterocycles. The molecule has 0 heterocycles. The van der Waals surface area contributed by atoms with Crippen LogP contribution in [0.2, 0.25) is 0 Å². The Morgan fingerprint density at radius 3 is 1.62 bits per heavy atom. The second kappa shape index (κ2) is 6.33. The van der Waals surface area contributed by atoms with Crippen molar-refractivity contribution in [3.05, 3.63) is 70.8 Å². The molecule has 0 amide bonds. The SMILES string of the molecule is Cc1ccc(CS(=O)(=O)C(C)(c2ccc(C)cc2)S(C)(=O)=O)cc1. The molecule has 0 saturated heterocycles. The smallest absolute Gasteiger partial charge is 0.195 e. The van der Waals surface area contributed by atoms with Crippen LogP contribution in [0.3, 0.4) is 0 Å². The highest BCUT2D eigenvalue weighted by Gasteiger charge is 2.49. The summed E-state index contributed by atoms with van der Waals surface area (Å²) in [4.78, 5) is 0. The van der Waals surface area contributed by atoms with Crippen molar-refractivity contribution < 1.29 is 16.8 Å². The second-order valence-electron chi connectivity index (χ2n) is 6.33. The fourth-order valence-corrected chi connectivity index (χ4v) is 6.51. The molecule has 0 aliphatic rings. The van der Waals surface area contributed by atoms with Gasteiger partial charge in [0.1, 0.15) is 0 Å². The molecule has 0 radical (unpaired) electrons. The third kappa shape index (κ3) is 3.39. The lowest BCUT2D eigenvalue weighted by atomic mass is 10.1. The van der Waals surface area contributed by atoms with Gasteiger partial charge in [0.05, 0.1) is 5.75 Å². The van der Waals surface area contributed by atoms with Crippen LogP contribution in [0.15, 0.2) is 48.5 Å². The molecule has 130 valence electrons. The molecule has 2 aromatic carbocycles. The number of hydrogen-bond donors (Lipinski definition) is 0. The number of aryl methyl sites for hydroxylation is 2. The average molecular weight is 367 g/mol. The van der Waals surface area contributed by atoms with Crippen LogP contribution in [0.1, 0.15) is 29.2 Å². The Hall–Kier alpha value is -1.66. The first-order valence-electron chi connectivity index (χ1n) is 7.52. The van der Waals surface area contributed by atoms with E-state index in [0.29, 0.717) is 5.56 Å². The van der Waals surface area contributed by atoms with Gasteiger partial charge in [-0.3, -0.25) is 0 Å². The first kappa shape index (κ1) is 18.7. The maximum absolute atomic E-state index is 13.1. The lowest BCUT2D eigenvalue weighted by Crippen LogP contribution is -2.41. The van der Waals surface area contributed by atoms with Crippen molar-refractivity contribution in [1.82, 2.24) is 0 Å². The monoisotopic (exact) mass is 366 g/mol. The minimum Gasteiger partial charge on any atom is -0.227 e. The van der Waals surface area contributed by atoms with Gasteiger partial charge in [-0.1, -0.05) is 59.7 Å². The highest BCUT2D eigenvalue weighted by molar-refractivity contribution is 8.08. The zero-order chi connectivity index (χ0) is 18.2. The van der Waals surface area contributed by atoms with Crippen molar-refractivity contribution in [2.24, 2.45) is 0 Å². The van der Waals surface area contributed by atoms with E-state index in [4.69, 9.17) is 0 Å². The van der Waals surface area contributed by atoms with Gasteiger partial charge in [0, 0.05) is 6.26 Å². The van der Waals surface area contributed by atoms with Crippen LogP contribution in [0.25, 0.3) is 0 Å². The summed E-state index contributed by atoms with van der Waals surface area (Å²) in [5.41, 5.74) is 2.79. The molecular formula is C18H22O4S2. The van der Waals surface area contributed by atoms with Crippen LogP contribution in [-0.2, 0) is 29.5 Å². The molecule has 0 aromatic heterocycles. The Kier molecular flexibility index (Phi) is 4.93. The Morgan fingerprint density at radius 1 is 0.792 bits per heavy atom. The second-order valence-corrected chi connectivity index (χ2v) is 11.3. The van der Waals surface area contributed by atoms with Gasteiger partial charge in [-0.2, -0.15) is 0 Å². The van der Waals surface area contributed by atoms with E-state index < -0.39 is 23.8 Å². The predicted molar refractivity (Wildman–Crippen MR) is 97.2 cm³/mol. The Balaban J connectivity index is 2.58. The summed E-state index contributed by atoms with van der Waals surface area (Å²) < 4.78 is 49.0. The first-order chi connectivity index (χ1) is 11.0. The van der Waals surface area contributed by atoms with Gasteiger partial charge in [0.2, 0.25) is 0 Å². The molecule has 1 atom stereocenters. The van der Waals surface area contributed by atoms with Crippen LogP contribution in [-0.4, -0.2) is 23.1 Å². The Morgan fingerprint density at radius 2 is 1.21 bits per heavy atom. The van der Waals surface area contributed by atoms with Crippen molar-refractivity contribution in [1.29, 1.82) is 0 Å². The van der Waals surface area contributed by atoms with E-state index in [1.165, 1.54) is 6.92 Å². The van der Waals surface area contributed by atoms with Crippen molar-refractivity contribution in [2.45, 2.75) is 30.6 Å². The normalized spacial score (nSPS) is 15.0. The van der Waals surface area contributed by atoms with Crippen LogP contribution in [0.5, 0.6) is 0 Å². The fourth-order valence-electron chi connectivity index (χ4n) is 2.52. The molecule has 0 spiro atoms. The molecular weight excluding hydrogens is 344 g/mol. The molecule has 0 fully saturated rings. The minimum atomic E-state index is -4.00. The van der Waals surface area contributed by atoms with E-state index >= 15 is 0 Å². The Bertz CT molecular complexity index is 926. The van der Waals surface area contributed by atoms with Gasteiger partial charge in [-0.25, -0.2) is 16.8 Å². The third-order valence-corrected chi connectivity index (χ3v) is 9.81. The van der Waals surface area contributed by atoms with Gasteiger partial charge in [0.15, 0.2) is 23.8 Å². The van der Waals surface area contributed by atoms with E-state index in [2.05, 4.69) is 0 Å². The van der Waals surface area contributed by atoms with Crippen LogP contribution in [0, 0.1) is 13.8 Å². The molecule has 0 aliphatic carbocycles. The summed E-state index contributed by atoms with van der Waals surface area (Å²) in [5, 5.41) is 0. The van der Waals surface area contributed by atoms with E-state index in [9.17, 15) is 16.8 Å². The lowest BCUT2D eigenvalue weighted by molar-refractivity contribution is 0.555. The largest absolute Gasteiger partial charge is 0.227 e. The van der Waals surface area contributed by atoms with Crippen molar-refractivity contribution in [2.75, 3.05) is 6.26 Å². The van der Waals surface area contributed by atoms with E-state index in [1.807, 2.05) is 26.0 Å². The topological polar surface area (TPSA) is 68.3 Å². The van der Waals surface area contributed by atoms with E-state index in [0.717, 1.165) is 17.4 Å². The molecule has 0 saturated carbocycles. The summed E-state index contributed by atoms with van der Waals surface area (Å²) >= 11 is 0. The standard InChI is InChI=1S/C18H22O4S2/c1-14-5-9-16(10-6-14)13-24(21,22)18(3,23(4,19)20)17-11-7-15(2)8-12-17/h5-12H,13H2,1-4H3. The zero-order valence-electron chi connectivity index (χ0n) is 14.3. The highest BCUT2D eigenvalue weighted by Crippen LogP contribution is 2.37. The van der Waals surface area contributed by atoms with Gasteiger partial charge in [-0.15, -0.1) is 0 Å². The average Bonchev–Trinajstić information content (AvgIpc) is 2.48. The van der Waals surface area contributed by atoms with E-state index in [-0.39, 0.29) is 11.3 Å². The highest BCUT2D eigenvalue weighted by atomic mass is 32.3. The van der Waals surface area contributed by atoms with Crippen LogP contribution in [0.4, 0.5) is 0 Å². The van der Waals surface area contributed by atoms with Gasteiger partial charge < -0.3 is 0 Å². The molecule has 2 aromatic rings. The third-order valence-electron chi connectivity index (χ3n) is 4.35. The summed E-state index contributed by atoms with van der Waals surface area (Å²) in [7, 11) is -7.90. The zero-order valence-corrected chi connectivity index (χ0v) is 15.9. The van der Waals surface area contributed by atoms with Crippen LogP contribution >= 0.6 is 0 Å². The number of benzene rings is 2. The quantitative estimate of drug-likeness (QED) is 0.815. The van der Waals surface area contributed by atoms with Crippen molar-refractivity contribution >= 4 is 19.7 Å². The van der Waals surface area contributed by atoms with Crippen molar-refractivity contribution in [3.8, 4) is 0 Å². The molecule has 1 unspecified atom stereocenters. The summed E-state index contributed by atoms with van der Waals surface area (Å²) in [6, 6.07) is 13.6. The fraction of sp³-hybridized carbons (Fsp3) is 0.333. The number of rotatable bonds is 5. The first-order valence-corrected chi connectivity index (χ1v) is 11.1. The molecule has 0 bridgehead atoms. The summed E-state index contributed by atoms with van der Waals surface area (Å²) in [6.07, 6.45) is 0.972. The van der Waals surface area contributed by atoms with Gasteiger partial charge in [-0.05, 0) is 31.9 Å². The maximum Gasteiger partial charge on any atom is 0.195 e. The molecule has 2 rings (SSSR count).